The number of nitrogens with two attached hydrogens (primary N) is 1. The molecule has 6 heteroatoms. The number of fused-ring (bicyclic) bond motifs is 1. The molecule has 2 aliphatic carbocycles. The molecule has 0 bridgehead atoms. The number of piperidine rings is 1. The van der Waals surface area contributed by atoms with E-state index in [1.807, 2.05) is 12.1 Å². The molecule has 1 saturated heterocycles. The Balaban J connectivity index is 1.33. The molecular weight excluding hydrogens is 382 g/mol. The summed E-state index contributed by atoms with van der Waals surface area (Å²) in [5.41, 5.74) is 8.91. The monoisotopic (exact) mass is 419 g/mol. The Morgan fingerprint density at radius 2 is 1.86 bits per heavy atom. The predicted molar refractivity (Wildman–Crippen MR) is 120 cm³/mol. The van der Waals surface area contributed by atoms with Crippen LogP contribution in [0.1, 0.15) is 63.9 Å². The third kappa shape index (κ3) is 4.35. The maximum atomic E-state index is 11.6. The van der Waals surface area contributed by atoms with Crippen LogP contribution in [0.25, 0.3) is 0 Å². The highest BCUT2D eigenvalue weighted by atomic mass is 32.2. The predicted octanol–water partition coefficient (Wildman–Crippen LogP) is 3.71. The third-order valence-electron chi connectivity index (χ3n) is 7.90. The van der Waals surface area contributed by atoms with Gasteiger partial charge < -0.3 is 10.6 Å². The molecule has 2 unspecified atom stereocenters. The van der Waals surface area contributed by atoms with Crippen LogP contribution in [-0.4, -0.2) is 44.7 Å². The lowest BCUT2D eigenvalue weighted by atomic mass is 9.79. The second-order valence-electron chi connectivity index (χ2n) is 9.85. The lowest BCUT2D eigenvalue weighted by Gasteiger charge is -2.34. The first-order chi connectivity index (χ1) is 13.8. The van der Waals surface area contributed by atoms with Gasteiger partial charge in [0.15, 0.2) is 0 Å². The van der Waals surface area contributed by atoms with Gasteiger partial charge in [0.1, 0.15) is 0 Å². The minimum Gasteiger partial charge on any atom is -0.325 e. The summed E-state index contributed by atoms with van der Waals surface area (Å²) in [5, 5.41) is 0. The van der Waals surface area contributed by atoms with Gasteiger partial charge in [0.25, 0.3) is 0 Å². The number of sulfonamides is 1. The molecule has 1 aliphatic heterocycles. The summed E-state index contributed by atoms with van der Waals surface area (Å²) in [6.45, 7) is 5.78. The second kappa shape index (κ2) is 7.86. The highest BCUT2D eigenvalue weighted by Gasteiger charge is 2.67. The van der Waals surface area contributed by atoms with Gasteiger partial charge in [-0.15, -0.1) is 0 Å². The van der Waals surface area contributed by atoms with Gasteiger partial charge in [0.2, 0.25) is 10.0 Å². The fourth-order valence-electron chi connectivity index (χ4n) is 6.40. The molecule has 0 radical (unpaired) electrons. The van der Waals surface area contributed by atoms with Crippen LogP contribution in [0.15, 0.2) is 24.3 Å². The van der Waals surface area contributed by atoms with Gasteiger partial charge in [0.05, 0.1) is 6.26 Å². The van der Waals surface area contributed by atoms with E-state index in [1.54, 1.807) is 0 Å². The Morgan fingerprint density at radius 1 is 1.17 bits per heavy atom. The van der Waals surface area contributed by atoms with E-state index in [0.29, 0.717) is 17.5 Å². The Hall–Kier alpha value is -1.11. The Labute approximate surface area is 176 Å². The molecule has 5 nitrogen and oxygen atoms in total. The van der Waals surface area contributed by atoms with Crippen LogP contribution in [0, 0.1) is 11.8 Å². The number of hydrogen-bond acceptors (Lipinski definition) is 4. The van der Waals surface area contributed by atoms with Crippen molar-refractivity contribution in [2.75, 3.05) is 30.6 Å². The van der Waals surface area contributed by atoms with Gasteiger partial charge in [-0.3, -0.25) is 4.72 Å². The van der Waals surface area contributed by atoms with Gasteiger partial charge in [0, 0.05) is 29.7 Å². The van der Waals surface area contributed by atoms with E-state index < -0.39 is 10.0 Å². The van der Waals surface area contributed by atoms with Crippen molar-refractivity contribution in [3.63, 3.8) is 0 Å². The Bertz CT molecular complexity index is 820. The number of anilines is 1. The number of nitrogens with zero attached hydrogens (tertiary/aromatic N) is 1. The molecule has 2 atom stereocenters. The summed E-state index contributed by atoms with van der Waals surface area (Å²) in [6.07, 6.45) is 11.1. The number of benzene rings is 1. The zero-order chi connectivity index (χ0) is 20.7. The van der Waals surface area contributed by atoms with Gasteiger partial charge >= 0.3 is 0 Å². The second-order valence-corrected chi connectivity index (χ2v) is 11.6. The molecule has 2 saturated carbocycles. The first-order valence-corrected chi connectivity index (χ1v) is 13.2. The Morgan fingerprint density at radius 3 is 2.48 bits per heavy atom. The standard InChI is InChI=1S/C23H37N3O2S/c1-3-23(18-9-7-10-19(15-18)25-29(2,27)28)20-16-26(17-21(20)23)14-8-13-22(24)11-5-4-6-12-22/h7,9-10,15,20-21,25H,3-6,8,11-14,16-17,24H2,1-2H3. The number of nitrogens with one attached hydrogen (secondary N) is 1. The van der Waals surface area contributed by atoms with Crippen molar-refractivity contribution in [1.82, 2.24) is 4.90 Å². The number of hydrogen-bond donors (Lipinski definition) is 2. The zero-order valence-corrected chi connectivity index (χ0v) is 18.8. The Kier molecular flexibility index (Phi) is 5.73. The lowest BCUT2D eigenvalue weighted by Crippen LogP contribution is -2.42. The van der Waals surface area contributed by atoms with E-state index in [9.17, 15) is 8.42 Å². The molecule has 1 heterocycles. The SMILES string of the molecule is CCC1(c2cccc(NS(C)(=O)=O)c2)C2CN(CCCC3(N)CCCCC3)CC21. The van der Waals surface area contributed by atoms with Crippen LogP contribution in [0.5, 0.6) is 0 Å². The molecular formula is C23H37N3O2S. The van der Waals surface area contributed by atoms with E-state index in [2.05, 4.69) is 28.7 Å². The van der Waals surface area contributed by atoms with E-state index >= 15 is 0 Å². The van der Waals surface area contributed by atoms with Gasteiger partial charge in [-0.25, -0.2) is 8.42 Å². The molecule has 4 rings (SSSR count). The molecule has 1 aromatic carbocycles. The van der Waals surface area contributed by atoms with E-state index in [1.165, 1.54) is 70.0 Å². The summed E-state index contributed by atoms with van der Waals surface area (Å²) in [5.74, 6) is 1.39. The minimum atomic E-state index is -3.25. The van der Waals surface area contributed by atoms with Crippen LogP contribution in [-0.2, 0) is 15.4 Å². The topological polar surface area (TPSA) is 75.4 Å². The van der Waals surface area contributed by atoms with E-state index in [4.69, 9.17) is 5.73 Å². The number of likely N-dealkylation sites (tertiary alicyclic amines) is 1. The quantitative estimate of drug-likeness (QED) is 0.673. The lowest BCUT2D eigenvalue weighted by molar-refractivity contribution is 0.229. The first kappa shape index (κ1) is 21.1. The fraction of sp³-hybridized carbons (Fsp3) is 0.739. The molecule has 162 valence electrons. The van der Waals surface area contributed by atoms with Crippen molar-refractivity contribution in [2.45, 2.75) is 69.2 Å². The van der Waals surface area contributed by atoms with Crippen LogP contribution in [0.2, 0.25) is 0 Å². The molecule has 3 N–H and O–H groups in total. The average Bonchev–Trinajstić information content (AvgIpc) is 3.04. The molecule has 0 aromatic heterocycles. The van der Waals surface area contributed by atoms with Crippen molar-refractivity contribution in [3.05, 3.63) is 29.8 Å². The van der Waals surface area contributed by atoms with E-state index in [-0.39, 0.29) is 11.0 Å². The van der Waals surface area contributed by atoms with Crippen LogP contribution in [0.3, 0.4) is 0 Å². The summed E-state index contributed by atoms with van der Waals surface area (Å²) in [7, 11) is -3.25. The molecule has 29 heavy (non-hydrogen) atoms. The molecule has 0 amide bonds. The fourth-order valence-corrected chi connectivity index (χ4v) is 6.96. The maximum Gasteiger partial charge on any atom is 0.229 e. The first-order valence-electron chi connectivity index (χ1n) is 11.4. The number of rotatable bonds is 8. The molecule has 3 aliphatic rings. The molecule has 0 spiro atoms. The van der Waals surface area contributed by atoms with Gasteiger partial charge in [-0.2, -0.15) is 0 Å². The zero-order valence-electron chi connectivity index (χ0n) is 18.0. The van der Waals surface area contributed by atoms with Crippen LogP contribution in [0.4, 0.5) is 5.69 Å². The van der Waals surface area contributed by atoms with Crippen molar-refractivity contribution in [1.29, 1.82) is 0 Å². The molecule has 1 aromatic rings. The minimum absolute atomic E-state index is 0.0983. The summed E-state index contributed by atoms with van der Waals surface area (Å²) in [6, 6.07) is 8.05. The average molecular weight is 420 g/mol. The van der Waals surface area contributed by atoms with Crippen molar-refractivity contribution in [2.24, 2.45) is 17.6 Å². The van der Waals surface area contributed by atoms with Crippen molar-refractivity contribution < 1.29 is 8.42 Å². The summed E-state index contributed by atoms with van der Waals surface area (Å²) < 4.78 is 25.8. The molecule has 3 fully saturated rings. The van der Waals surface area contributed by atoms with Crippen molar-refractivity contribution >= 4 is 15.7 Å². The maximum absolute atomic E-state index is 11.6. The summed E-state index contributed by atoms with van der Waals surface area (Å²) >= 11 is 0. The highest BCUT2D eigenvalue weighted by molar-refractivity contribution is 7.92. The largest absolute Gasteiger partial charge is 0.325 e. The summed E-state index contributed by atoms with van der Waals surface area (Å²) in [4.78, 5) is 2.63. The van der Waals surface area contributed by atoms with Gasteiger partial charge in [-0.1, -0.05) is 38.3 Å². The smallest absolute Gasteiger partial charge is 0.229 e. The van der Waals surface area contributed by atoms with E-state index in [0.717, 1.165) is 12.8 Å². The van der Waals surface area contributed by atoms with Gasteiger partial charge in [-0.05, 0) is 68.2 Å². The normalized spacial score (nSPS) is 31.4. The van der Waals surface area contributed by atoms with Crippen molar-refractivity contribution in [3.8, 4) is 0 Å². The van der Waals surface area contributed by atoms with Crippen LogP contribution < -0.4 is 10.5 Å². The van der Waals surface area contributed by atoms with Crippen LogP contribution >= 0.6 is 0 Å². The third-order valence-corrected chi connectivity index (χ3v) is 8.50. The highest BCUT2D eigenvalue weighted by Crippen LogP contribution is 2.65.